The van der Waals surface area contributed by atoms with Gasteiger partial charge in [-0.2, -0.15) is 0 Å². The van der Waals surface area contributed by atoms with Crippen LogP contribution in [0.1, 0.15) is 18.2 Å². The number of aromatic nitrogens is 3. The molecule has 1 atom stereocenters. The number of rotatable bonds is 1. The lowest BCUT2D eigenvalue weighted by Crippen LogP contribution is -2.11. The van der Waals surface area contributed by atoms with Crippen LogP contribution in [0.25, 0.3) is 11.2 Å². The number of pyridine rings is 1. The van der Waals surface area contributed by atoms with Gasteiger partial charge >= 0.3 is 0 Å². The first-order valence-electron chi connectivity index (χ1n) is 5.34. The molecule has 1 aliphatic heterocycles. The van der Waals surface area contributed by atoms with Crippen LogP contribution in [0.5, 0.6) is 0 Å². The molecule has 0 spiro atoms. The quantitative estimate of drug-likeness (QED) is 0.751. The van der Waals surface area contributed by atoms with Crippen LogP contribution in [-0.4, -0.2) is 27.6 Å². The highest BCUT2D eigenvalue weighted by atomic mass is 15.1. The molecular weight excluding hydrogens is 188 g/mol. The lowest BCUT2D eigenvalue weighted by molar-refractivity contribution is 0.667. The van der Waals surface area contributed by atoms with Crippen molar-refractivity contribution in [3.05, 3.63) is 24.2 Å². The summed E-state index contributed by atoms with van der Waals surface area (Å²) in [6.07, 6.45) is 2.98. The molecular formula is C11H14N4. The van der Waals surface area contributed by atoms with Crippen molar-refractivity contribution >= 4 is 11.2 Å². The van der Waals surface area contributed by atoms with Gasteiger partial charge in [0.2, 0.25) is 0 Å². The average Bonchev–Trinajstić information content (AvgIpc) is 2.87. The SMILES string of the molecule is Cn1c(C2CCNC2)nc2ncccc21. The molecule has 1 N–H and O–H groups in total. The molecule has 3 heterocycles. The molecule has 15 heavy (non-hydrogen) atoms. The molecule has 0 bridgehead atoms. The summed E-state index contributed by atoms with van der Waals surface area (Å²) in [6.45, 7) is 2.14. The predicted octanol–water partition coefficient (Wildman–Crippen LogP) is 1.05. The Morgan fingerprint density at radius 2 is 2.47 bits per heavy atom. The van der Waals surface area contributed by atoms with Gasteiger partial charge in [-0.3, -0.25) is 0 Å². The third-order valence-corrected chi connectivity index (χ3v) is 3.12. The van der Waals surface area contributed by atoms with Gasteiger partial charge in [0, 0.05) is 25.7 Å². The normalized spacial score (nSPS) is 21.3. The van der Waals surface area contributed by atoms with Gasteiger partial charge in [0.15, 0.2) is 5.65 Å². The first-order chi connectivity index (χ1) is 7.36. The molecule has 0 aliphatic carbocycles. The molecule has 3 rings (SSSR count). The minimum absolute atomic E-state index is 0.546. The zero-order valence-corrected chi connectivity index (χ0v) is 8.77. The van der Waals surface area contributed by atoms with Crippen LogP contribution < -0.4 is 5.32 Å². The number of hydrogen-bond donors (Lipinski definition) is 1. The maximum atomic E-state index is 4.61. The molecule has 4 heteroatoms. The molecule has 1 aliphatic rings. The van der Waals surface area contributed by atoms with Crippen molar-refractivity contribution in [3.8, 4) is 0 Å². The first-order valence-corrected chi connectivity index (χ1v) is 5.34. The van der Waals surface area contributed by atoms with Crippen LogP contribution in [0.15, 0.2) is 18.3 Å². The zero-order valence-electron chi connectivity index (χ0n) is 8.77. The van der Waals surface area contributed by atoms with E-state index in [0.29, 0.717) is 5.92 Å². The van der Waals surface area contributed by atoms with Gasteiger partial charge in [-0.15, -0.1) is 0 Å². The van der Waals surface area contributed by atoms with Gasteiger partial charge in [0.05, 0.1) is 5.52 Å². The first kappa shape index (κ1) is 8.85. The molecule has 0 aromatic carbocycles. The molecule has 0 saturated carbocycles. The maximum Gasteiger partial charge on any atom is 0.177 e. The third-order valence-electron chi connectivity index (χ3n) is 3.12. The summed E-state index contributed by atoms with van der Waals surface area (Å²) in [4.78, 5) is 8.89. The standard InChI is InChI=1S/C11H14N4/c1-15-9-3-2-5-13-10(9)14-11(15)8-4-6-12-7-8/h2-3,5,8,12H,4,6-7H2,1H3. The van der Waals surface area contributed by atoms with Crippen molar-refractivity contribution in [1.82, 2.24) is 19.9 Å². The van der Waals surface area contributed by atoms with Gasteiger partial charge in [-0.1, -0.05) is 0 Å². The number of nitrogens with zero attached hydrogens (tertiary/aromatic N) is 3. The summed E-state index contributed by atoms with van der Waals surface area (Å²) < 4.78 is 2.17. The van der Waals surface area contributed by atoms with Crippen LogP contribution in [0.3, 0.4) is 0 Å². The van der Waals surface area contributed by atoms with Crippen LogP contribution in [0.4, 0.5) is 0 Å². The Hall–Kier alpha value is -1.42. The van der Waals surface area contributed by atoms with E-state index in [1.807, 2.05) is 6.07 Å². The Morgan fingerprint density at radius 3 is 3.20 bits per heavy atom. The third kappa shape index (κ3) is 1.33. The summed E-state index contributed by atoms with van der Waals surface area (Å²) in [6, 6.07) is 4.03. The van der Waals surface area contributed by atoms with Gasteiger partial charge in [-0.25, -0.2) is 9.97 Å². The van der Waals surface area contributed by atoms with Crippen LogP contribution in [0.2, 0.25) is 0 Å². The topological polar surface area (TPSA) is 42.7 Å². The smallest absolute Gasteiger partial charge is 0.177 e. The summed E-state index contributed by atoms with van der Waals surface area (Å²) in [7, 11) is 2.07. The monoisotopic (exact) mass is 202 g/mol. The van der Waals surface area contributed by atoms with E-state index in [1.165, 1.54) is 6.42 Å². The lowest BCUT2D eigenvalue weighted by atomic mass is 10.1. The zero-order chi connectivity index (χ0) is 10.3. The van der Waals surface area contributed by atoms with E-state index in [2.05, 4.69) is 33.0 Å². The molecule has 2 aromatic rings. The van der Waals surface area contributed by atoms with E-state index in [4.69, 9.17) is 0 Å². The maximum absolute atomic E-state index is 4.61. The number of aryl methyl sites for hydroxylation is 1. The Labute approximate surface area is 88.3 Å². The number of hydrogen-bond acceptors (Lipinski definition) is 3. The molecule has 2 aromatic heterocycles. The predicted molar refractivity (Wildman–Crippen MR) is 58.7 cm³/mol. The Bertz CT molecular complexity index is 482. The average molecular weight is 202 g/mol. The Balaban J connectivity index is 2.14. The van der Waals surface area contributed by atoms with E-state index in [-0.39, 0.29) is 0 Å². The fourth-order valence-corrected chi connectivity index (χ4v) is 2.28. The summed E-state index contributed by atoms with van der Waals surface area (Å²) >= 11 is 0. The van der Waals surface area contributed by atoms with Crippen LogP contribution in [-0.2, 0) is 7.05 Å². The molecule has 1 fully saturated rings. The van der Waals surface area contributed by atoms with Gasteiger partial charge in [0.25, 0.3) is 0 Å². The second-order valence-electron chi connectivity index (χ2n) is 4.06. The highest BCUT2D eigenvalue weighted by Gasteiger charge is 2.22. The second kappa shape index (κ2) is 3.31. The Kier molecular flexibility index (Phi) is 1.95. The molecule has 4 nitrogen and oxygen atoms in total. The summed E-state index contributed by atoms with van der Waals surface area (Å²) in [5.41, 5.74) is 1.99. The fraction of sp³-hybridized carbons (Fsp3) is 0.455. The van der Waals surface area contributed by atoms with Crippen molar-refractivity contribution in [1.29, 1.82) is 0 Å². The van der Waals surface area contributed by atoms with E-state index in [0.717, 1.165) is 30.1 Å². The van der Waals surface area contributed by atoms with Crippen LogP contribution in [0, 0.1) is 0 Å². The number of fused-ring (bicyclic) bond motifs is 1. The van der Waals surface area contributed by atoms with E-state index < -0.39 is 0 Å². The molecule has 1 saturated heterocycles. The van der Waals surface area contributed by atoms with E-state index in [1.54, 1.807) is 6.20 Å². The fourth-order valence-electron chi connectivity index (χ4n) is 2.28. The highest BCUT2D eigenvalue weighted by Crippen LogP contribution is 2.23. The second-order valence-corrected chi connectivity index (χ2v) is 4.06. The van der Waals surface area contributed by atoms with Crippen molar-refractivity contribution < 1.29 is 0 Å². The Morgan fingerprint density at radius 1 is 1.53 bits per heavy atom. The minimum Gasteiger partial charge on any atom is -0.329 e. The summed E-state index contributed by atoms with van der Waals surface area (Å²) in [5, 5.41) is 3.37. The molecule has 0 radical (unpaired) electrons. The van der Waals surface area contributed by atoms with Crippen LogP contribution >= 0.6 is 0 Å². The highest BCUT2D eigenvalue weighted by molar-refractivity contribution is 5.71. The summed E-state index contributed by atoms with van der Waals surface area (Å²) in [5.74, 6) is 1.71. The van der Waals surface area contributed by atoms with Crippen molar-refractivity contribution in [3.63, 3.8) is 0 Å². The van der Waals surface area contributed by atoms with Gasteiger partial charge in [0.1, 0.15) is 5.82 Å². The van der Waals surface area contributed by atoms with Crippen molar-refractivity contribution in [2.45, 2.75) is 12.3 Å². The minimum atomic E-state index is 0.546. The van der Waals surface area contributed by atoms with E-state index in [9.17, 15) is 0 Å². The lowest BCUT2D eigenvalue weighted by Gasteiger charge is -2.07. The van der Waals surface area contributed by atoms with Crippen molar-refractivity contribution in [2.75, 3.05) is 13.1 Å². The van der Waals surface area contributed by atoms with Crippen molar-refractivity contribution in [2.24, 2.45) is 7.05 Å². The molecule has 0 amide bonds. The number of nitrogens with one attached hydrogen (secondary N) is 1. The largest absolute Gasteiger partial charge is 0.329 e. The van der Waals surface area contributed by atoms with Gasteiger partial charge in [-0.05, 0) is 25.1 Å². The van der Waals surface area contributed by atoms with Gasteiger partial charge < -0.3 is 9.88 Å². The molecule has 1 unspecified atom stereocenters. The van der Waals surface area contributed by atoms with E-state index >= 15 is 0 Å². The molecule has 78 valence electrons. The number of imidazole rings is 1.